The summed E-state index contributed by atoms with van der Waals surface area (Å²) in [5.41, 5.74) is 3.15. The highest BCUT2D eigenvalue weighted by Gasteiger charge is 2.37. The molecule has 2 aliphatic heterocycles. The highest BCUT2D eigenvalue weighted by Crippen LogP contribution is 2.32. The fourth-order valence-electron chi connectivity index (χ4n) is 3.56. The van der Waals surface area contributed by atoms with Gasteiger partial charge in [0.25, 0.3) is 11.1 Å². The van der Waals surface area contributed by atoms with Gasteiger partial charge >= 0.3 is 0 Å². The number of imide groups is 1. The van der Waals surface area contributed by atoms with Gasteiger partial charge in [0.05, 0.1) is 11.5 Å². The maximum absolute atomic E-state index is 12.8. The molecule has 3 amide bonds. The first-order valence-corrected chi connectivity index (χ1v) is 10.7. The first-order valence-electron chi connectivity index (χ1n) is 9.88. The monoisotopic (exact) mass is 422 g/mol. The van der Waals surface area contributed by atoms with Gasteiger partial charge in [0.2, 0.25) is 5.91 Å². The summed E-state index contributed by atoms with van der Waals surface area (Å²) in [5, 5.41) is -0.414. The van der Waals surface area contributed by atoms with Crippen molar-refractivity contribution in [1.29, 1.82) is 0 Å². The van der Waals surface area contributed by atoms with E-state index < -0.39 is 11.1 Å². The predicted octanol–water partition coefficient (Wildman–Crippen LogP) is 3.71. The van der Waals surface area contributed by atoms with Crippen LogP contribution >= 0.6 is 11.8 Å². The van der Waals surface area contributed by atoms with Crippen LogP contribution in [0.3, 0.4) is 0 Å². The van der Waals surface area contributed by atoms with Gasteiger partial charge in [-0.05, 0) is 60.0 Å². The minimum atomic E-state index is -0.426. The van der Waals surface area contributed by atoms with Gasteiger partial charge in [0, 0.05) is 13.1 Å². The number of carbonyl (C=O) groups is 3. The van der Waals surface area contributed by atoms with Crippen LogP contribution in [0.4, 0.5) is 4.79 Å². The lowest BCUT2D eigenvalue weighted by Crippen LogP contribution is -2.44. The number of carbonyl (C=O) groups excluding carboxylic acids is 3. The molecule has 0 unspecified atom stereocenters. The number of ether oxygens (including phenoxy) is 1. The van der Waals surface area contributed by atoms with E-state index in [1.807, 2.05) is 49.4 Å². The van der Waals surface area contributed by atoms with Crippen LogP contribution < -0.4 is 4.74 Å². The van der Waals surface area contributed by atoms with Crippen LogP contribution in [0.25, 0.3) is 6.08 Å². The zero-order valence-electron chi connectivity index (χ0n) is 16.7. The maximum Gasteiger partial charge on any atom is 0.294 e. The van der Waals surface area contributed by atoms with E-state index in [0.29, 0.717) is 24.6 Å². The lowest BCUT2D eigenvalue weighted by atomic mass is 10.00. The smallest absolute Gasteiger partial charge is 0.294 e. The van der Waals surface area contributed by atoms with E-state index in [1.54, 1.807) is 11.0 Å². The van der Waals surface area contributed by atoms with Gasteiger partial charge in [0.1, 0.15) is 12.3 Å². The van der Waals surface area contributed by atoms with Crippen molar-refractivity contribution in [3.63, 3.8) is 0 Å². The van der Waals surface area contributed by atoms with Crippen molar-refractivity contribution in [1.82, 2.24) is 9.80 Å². The normalized spacial score (nSPS) is 17.4. The molecule has 0 aromatic heterocycles. The summed E-state index contributed by atoms with van der Waals surface area (Å²) in [6.45, 7) is 3.36. The van der Waals surface area contributed by atoms with Crippen molar-refractivity contribution in [2.45, 2.75) is 19.9 Å². The fraction of sp³-hybridized carbons (Fsp3) is 0.261. The Kier molecular flexibility index (Phi) is 5.90. The standard InChI is InChI=1S/C23H22N2O4S/c1-2-29-19-9-7-16(8-10-19)13-20-22(27)25(23(28)30-20)15-21(26)24-12-11-17-5-3-4-6-18(17)14-24/h3-10,13H,2,11-12,14-15H2,1H3/b20-13+. The van der Waals surface area contributed by atoms with Crippen molar-refractivity contribution in [3.05, 3.63) is 70.1 Å². The third kappa shape index (κ3) is 4.26. The van der Waals surface area contributed by atoms with Crippen LogP contribution in [0.15, 0.2) is 53.4 Å². The van der Waals surface area contributed by atoms with Crippen LogP contribution in [0.1, 0.15) is 23.6 Å². The molecule has 2 aliphatic rings. The Labute approximate surface area is 179 Å². The summed E-state index contributed by atoms with van der Waals surface area (Å²) >= 11 is 0.865. The van der Waals surface area contributed by atoms with Gasteiger partial charge in [-0.25, -0.2) is 0 Å². The molecule has 30 heavy (non-hydrogen) atoms. The maximum atomic E-state index is 12.8. The highest BCUT2D eigenvalue weighted by molar-refractivity contribution is 8.18. The average molecular weight is 423 g/mol. The number of fused-ring (bicyclic) bond motifs is 1. The second-order valence-corrected chi connectivity index (χ2v) is 8.10. The number of amides is 3. The summed E-state index contributed by atoms with van der Waals surface area (Å²) in [6, 6.07) is 15.3. The largest absolute Gasteiger partial charge is 0.494 e. The number of benzene rings is 2. The molecule has 2 aromatic carbocycles. The Morgan fingerprint density at radius 3 is 2.57 bits per heavy atom. The minimum absolute atomic E-state index is 0.214. The molecule has 6 nitrogen and oxygen atoms in total. The zero-order valence-corrected chi connectivity index (χ0v) is 17.5. The second-order valence-electron chi connectivity index (χ2n) is 7.10. The van der Waals surface area contributed by atoms with E-state index >= 15 is 0 Å². The lowest BCUT2D eigenvalue weighted by Gasteiger charge is -2.29. The van der Waals surface area contributed by atoms with E-state index in [-0.39, 0.29) is 12.5 Å². The first-order chi connectivity index (χ1) is 14.5. The summed E-state index contributed by atoms with van der Waals surface area (Å²) in [6.07, 6.45) is 2.45. The van der Waals surface area contributed by atoms with Gasteiger partial charge in [-0.3, -0.25) is 19.3 Å². The predicted molar refractivity (Wildman–Crippen MR) is 116 cm³/mol. The molecule has 7 heteroatoms. The third-order valence-electron chi connectivity index (χ3n) is 5.14. The summed E-state index contributed by atoms with van der Waals surface area (Å²) < 4.78 is 5.41. The van der Waals surface area contributed by atoms with E-state index in [2.05, 4.69) is 6.07 Å². The van der Waals surface area contributed by atoms with E-state index in [0.717, 1.165) is 40.0 Å². The Hall–Kier alpha value is -3.06. The molecule has 154 valence electrons. The van der Waals surface area contributed by atoms with Crippen LogP contribution in [0, 0.1) is 0 Å². The van der Waals surface area contributed by atoms with Crippen LogP contribution in [-0.2, 0) is 22.6 Å². The summed E-state index contributed by atoms with van der Waals surface area (Å²) in [7, 11) is 0. The van der Waals surface area contributed by atoms with E-state index in [1.165, 1.54) is 5.56 Å². The van der Waals surface area contributed by atoms with Crippen LogP contribution in [0.5, 0.6) is 5.75 Å². The molecule has 1 saturated heterocycles. The quantitative estimate of drug-likeness (QED) is 0.688. The topological polar surface area (TPSA) is 66.9 Å². The molecule has 0 radical (unpaired) electrons. The van der Waals surface area contributed by atoms with Gasteiger partial charge in [-0.2, -0.15) is 0 Å². The number of hydrogen-bond donors (Lipinski definition) is 0. The number of rotatable bonds is 5. The van der Waals surface area contributed by atoms with Gasteiger partial charge in [-0.15, -0.1) is 0 Å². The molecule has 0 saturated carbocycles. The van der Waals surface area contributed by atoms with Gasteiger partial charge in [0.15, 0.2) is 0 Å². The van der Waals surface area contributed by atoms with E-state index in [4.69, 9.17) is 4.74 Å². The van der Waals surface area contributed by atoms with Crippen molar-refractivity contribution < 1.29 is 19.1 Å². The molecule has 0 bridgehead atoms. The van der Waals surface area contributed by atoms with Crippen LogP contribution in [-0.4, -0.2) is 46.5 Å². The van der Waals surface area contributed by atoms with Crippen molar-refractivity contribution in [2.75, 3.05) is 19.7 Å². The Balaban J connectivity index is 1.42. The molecule has 0 N–H and O–H groups in total. The molecular formula is C23H22N2O4S. The van der Waals surface area contributed by atoms with Crippen molar-refractivity contribution >= 4 is 34.9 Å². The molecular weight excluding hydrogens is 400 g/mol. The molecule has 0 aliphatic carbocycles. The minimum Gasteiger partial charge on any atom is -0.494 e. The summed E-state index contributed by atoms with van der Waals surface area (Å²) in [5.74, 6) is 0.107. The summed E-state index contributed by atoms with van der Waals surface area (Å²) in [4.78, 5) is 40.9. The number of hydrogen-bond acceptors (Lipinski definition) is 5. The van der Waals surface area contributed by atoms with Crippen LogP contribution in [0.2, 0.25) is 0 Å². The second kappa shape index (κ2) is 8.75. The Morgan fingerprint density at radius 1 is 1.10 bits per heavy atom. The average Bonchev–Trinajstić information content (AvgIpc) is 3.02. The molecule has 0 atom stereocenters. The van der Waals surface area contributed by atoms with E-state index in [9.17, 15) is 14.4 Å². The lowest BCUT2D eigenvalue weighted by molar-refractivity contribution is -0.136. The zero-order chi connectivity index (χ0) is 21.1. The fourth-order valence-corrected chi connectivity index (χ4v) is 4.40. The van der Waals surface area contributed by atoms with Crippen molar-refractivity contribution in [3.8, 4) is 5.75 Å². The first kappa shape index (κ1) is 20.2. The van der Waals surface area contributed by atoms with Crippen molar-refractivity contribution in [2.24, 2.45) is 0 Å². The van der Waals surface area contributed by atoms with Gasteiger partial charge < -0.3 is 9.64 Å². The SMILES string of the molecule is CCOc1ccc(/C=C2/SC(=O)N(CC(=O)N3CCc4ccccc4C3)C2=O)cc1. The Morgan fingerprint density at radius 2 is 1.83 bits per heavy atom. The molecule has 2 heterocycles. The highest BCUT2D eigenvalue weighted by atomic mass is 32.2. The van der Waals surface area contributed by atoms with Gasteiger partial charge in [-0.1, -0.05) is 36.4 Å². The molecule has 1 fully saturated rings. The number of thioether (sulfide) groups is 1. The number of nitrogens with zero attached hydrogens (tertiary/aromatic N) is 2. The molecule has 4 rings (SSSR count). The third-order valence-corrected chi connectivity index (χ3v) is 6.05. The molecule has 2 aromatic rings. The molecule has 0 spiro atoms. The Bertz CT molecular complexity index is 1020.